The van der Waals surface area contributed by atoms with Gasteiger partial charge in [-0.15, -0.1) is 0 Å². The van der Waals surface area contributed by atoms with Gasteiger partial charge < -0.3 is 4.90 Å². The number of piperidine rings is 1. The van der Waals surface area contributed by atoms with Crippen molar-refractivity contribution in [2.75, 3.05) is 13.1 Å². The standard InChI is InChI=1S/C20H20FN5O/c1-13-16(11-24-25-13)20(27)26-10-4-5-14(12-26)18-19(23-9-8-22-18)15-6-2-3-7-17(15)21/h2-3,6-9,11,14H,4-5,10,12H2,1H3,(H,24,25). The van der Waals surface area contributed by atoms with Gasteiger partial charge in [-0.1, -0.05) is 12.1 Å². The lowest BCUT2D eigenvalue weighted by atomic mass is 9.91. The van der Waals surface area contributed by atoms with Gasteiger partial charge in [-0.2, -0.15) is 5.10 Å². The van der Waals surface area contributed by atoms with E-state index in [0.29, 0.717) is 29.9 Å². The summed E-state index contributed by atoms with van der Waals surface area (Å²) in [6.07, 6.45) is 6.51. The lowest BCUT2D eigenvalue weighted by Crippen LogP contribution is -2.39. The number of hydrogen-bond acceptors (Lipinski definition) is 4. The molecule has 6 nitrogen and oxygen atoms in total. The summed E-state index contributed by atoms with van der Waals surface area (Å²) in [4.78, 5) is 23.6. The van der Waals surface area contributed by atoms with Crippen LogP contribution < -0.4 is 0 Å². The Morgan fingerprint density at radius 3 is 2.85 bits per heavy atom. The van der Waals surface area contributed by atoms with Gasteiger partial charge in [-0.3, -0.25) is 19.9 Å². The molecule has 1 atom stereocenters. The monoisotopic (exact) mass is 365 g/mol. The minimum Gasteiger partial charge on any atom is -0.338 e. The van der Waals surface area contributed by atoms with Crippen molar-refractivity contribution in [3.8, 4) is 11.3 Å². The topological polar surface area (TPSA) is 74.8 Å². The van der Waals surface area contributed by atoms with Crippen LogP contribution in [0.3, 0.4) is 0 Å². The number of hydrogen-bond donors (Lipinski definition) is 1. The molecule has 3 aromatic rings. The lowest BCUT2D eigenvalue weighted by molar-refractivity contribution is 0.0705. The van der Waals surface area contributed by atoms with Crippen molar-refractivity contribution in [3.05, 3.63) is 65.6 Å². The average Bonchev–Trinajstić information content (AvgIpc) is 3.14. The van der Waals surface area contributed by atoms with Gasteiger partial charge in [0.15, 0.2) is 0 Å². The fourth-order valence-corrected chi connectivity index (χ4v) is 3.63. The minimum absolute atomic E-state index is 0.0122. The number of aromatic amines is 1. The molecule has 1 N–H and O–H groups in total. The Hall–Kier alpha value is -3.09. The predicted octanol–water partition coefficient (Wildman–Crippen LogP) is 3.33. The van der Waals surface area contributed by atoms with E-state index in [1.807, 2.05) is 11.8 Å². The Balaban J connectivity index is 1.64. The maximum atomic E-state index is 14.3. The molecule has 1 aliphatic rings. The molecule has 138 valence electrons. The van der Waals surface area contributed by atoms with Crippen LogP contribution in [0.5, 0.6) is 0 Å². The molecule has 0 spiro atoms. The lowest BCUT2D eigenvalue weighted by Gasteiger charge is -2.33. The van der Waals surface area contributed by atoms with Gasteiger partial charge >= 0.3 is 0 Å². The van der Waals surface area contributed by atoms with E-state index in [1.54, 1.807) is 36.8 Å². The molecule has 2 aromatic heterocycles. The van der Waals surface area contributed by atoms with E-state index in [-0.39, 0.29) is 17.6 Å². The Bertz CT molecular complexity index is 970. The van der Waals surface area contributed by atoms with E-state index < -0.39 is 0 Å². The zero-order valence-electron chi connectivity index (χ0n) is 15.0. The third-order valence-electron chi connectivity index (χ3n) is 5.01. The van der Waals surface area contributed by atoms with Crippen molar-refractivity contribution >= 4 is 5.91 Å². The third kappa shape index (κ3) is 3.32. The van der Waals surface area contributed by atoms with Gasteiger partial charge in [-0.25, -0.2) is 4.39 Å². The summed E-state index contributed by atoms with van der Waals surface area (Å²) in [6.45, 7) is 3.06. The number of benzene rings is 1. The largest absolute Gasteiger partial charge is 0.338 e. The van der Waals surface area contributed by atoms with Crippen LogP contribution in [-0.4, -0.2) is 44.1 Å². The number of halogens is 1. The maximum absolute atomic E-state index is 14.3. The molecule has 0 bridgehead atoms. The highest BCUT2D eigenvalue weighted by Crippen LogP contribution is 2.33. The average molecular weight is 365 g/mol. The quantitative estimate of drug-likeness (QED) is 0.772. The maximum Gasteiger partial charge on any atom is 0.257 e. The smallest absolute Gasteiger partial charge is 0.257 e. The Morgan fingerprint density at radius 1 is 1.26 bits per heavy atom. The van der Waals surface area contributed by atoms with Crippen molar-refractivity contribution in [1.29, 1.82) is 0 Å². The van der Waals surface area contributed by atoms with Gasteiger partial charge in [0.1, 0.15) is 5.82 Å². The molecule has 4 rings (SSSR count). The van der Waals surface area contributed by atoms with Gasteiger partial charge in [0, 0.05) is 42.7 Å². The highest BCUT2D eigenvalue weighted by Gasteiger charge is 2.29. The van der Waals surface area contributed by atoms with E-state index in [2.05, 4.69) is 20.2 Å². The molecule has 1 aromatic carbocycles. The first-order valence-electron chi connectivity index (χ1n) is 9.00. The van der Waals surface area contributed by atoms with Crippen LogP contribution in [0.25, 0.3) is 11.3 Å². The van der Waals surface area contributed by atoms with Crippen LogP contribution >= 0.6 is 0 Å². The van der Waals surface area contributed by atoms with Crippen LogP contribution in [0.2, 0.25) is 0 Å². The summed E-state index contributed by atoms with van der Waals surface area (Å²) in [5, 5.41) is 6.75. The Labute approximate surface area is 156 Å². The molecule has 1 amide bonds. The van der Waals surface area contributed by atoms with E-state index in [1.165, 1.54) is 6.07 Å². The van der Waals surface area contributed by atoms with E-state index in [9.17, 15) is 9.18 Å². The molecule has 3 heterocycles. The van der Waals surface area contributed by atoms with Crippen LogP contribution in [0.1, 0.15) is 40.5 Å². The summed E-state index contributed by atoms with van der Waals surface area (Å²) in [6, 6.07) is 6.58. The highest BCUT2D eigenvalue weighted by atomic mass is 19.1. The molecule has 0 saturated carbocycles. The number of amides is 1. The van der Waals surface area contributed by atoms with Crippen LogP contribution in [-0.2, 0) is 0 Å². The summed E-state index contributed by atoms with van der Waals surface area (Å²) in [5.41, 5.74) is 3.07. The summed E-state index contributed by atoms with van der Waals surface area (Å²) in [5.74, 6) is -0.350. The summed E-state index contributed by atoms with van der Waals surface area (Å²) in [7, 11) is 0. The van der Waals surface area contributed by atoms with Crippen molar-refractivity contribution in [3.63, 3.8) is 0 Å². The Kier molecular flexibility index (Phi) is 4.66. The molecule has 0 aliphatic carbocycles. The van der Waals surface area contributed by atoms with Gasteiger partial charge in [0.2, 0.25) is 0 Å². The number of carbonyl (C=O) groups is 1. The van der Waals surface area contributed by atoms with Crippen molar-refractivity contribution in [1.82, 2.24) is 25.1 Å². The van der Waals surface area contributed by atoms with Gasteiger partial charge in [0.25, 0.3) is 5.91 Å². The molecule has 1 unspecified atom stereocenters. The van der Waals surface area contributed by atoms with Gasteiger partial charge in [0.05, 0.1) is 23.1 Å². The van der Waals surface area contributed by atoms with Crippen LogP contribution in [0.4, 0.5) is 4.39 Å². The van der Waals surface area contributed by atoms with Crippen LogP contribution in [0.15, 0.2) is 42.9 Å². The molecule has 0 radical (unpaired) electrons. The molecule has 1 saturated heterocycles. The molecule has 7 heteroatoms. The number of aryl methyl sites for hydroxylation is 1. The van der Waals surface area contributed by atoms with Crippen molar-refractivity contribution < 1.29 is 9.18 Å². The number of nitrogens with zero attached hydrogens (tertiary/aromatic N) is 4. The molecule has 1 fully saturated rings. The normalized spacial score (nSPS) is 17.1. The second-order valence-corrected chi connectivity index (χ2v) is 6.77. The number of rotatable bonds is 3. The number of carbonyl (C=O) groups excluding carboxylic acids is 1. The van der Waals surface area contributed by atoms with Crippen molar-refractivity contribution in [2.24, 2.45) is 0 Å². The van der Waals surface area contributed by atoms with E-state index in [4.69, 9.17) is 0 Å². The van der Waals surface area contributed by atoms with E-state index >= 15 is 0 Å². The number of nitrogens with one attached hydrogen (secondary N) is 1. The summed E-state index contributed by atoms with van der Waals surface area (Å²) < 4.78 is 14.3. The highest BCUT2D eigenvalue weighted by molar-refractivity contribution is 5.95. The summed E-state index contributed by atoms with van der Waals surface area (Å²) >= 11 is 0. The first-order chi connectivity index (χ1) is 13.1. The van der Waals surface area contributed by atoms with E-state index in [0.717, 1.165) is 24.2 Å². The molecular weight excluding hydrogens is 345 g/mol. The first kappa shape index (κ1) is 17.3. The molecule has 1 aliphatic heterocycles. The fourth-order valence-electron chi connectivity index (χ4n) is 3.63. The third-order valence-corrected chi connectivity index (χ3v) is 5.01. The molecule has 27 heavy (non-hydrogen) atoms. The molecular formula is C20H20FN5O. The second kappa shape index (κ2) is 7.26. The zero-order chi connectivity index (χ0) is 18.8. The number of likely N-dealkylation sites (tertiary alicyclic amines) is 1. The zero-order valence-corrected chi connectivity index (χ0v) is 15.0. The fraction of sp³-hybridized carbons (Fsp3) is 0.300. The predicted molar refractivity (Wildman–Crippen MR) is 98.6 cm³/mol. The number of aromatic nitrogens is 4. The Morgan fingerprint density at radius 2 is 2.07 bits per heavy atom. The van der Waals surface area contributed by atoms with Crippen LogP contribution in [0, 0.1) is 12.7 Å². The van der Waals surface area contributed by atoms with Gasteiger partial charge in [-0.05, 0) is 31.9 Å². The number of H-pyrrole nitrogens is 1. The second-order valence-electron chi connectivity index (χ2n) is 6.77. The first-order valence-corrected chi connectivity index (χ1v) is 9.00. The van der Waals surface area contributed by atoms with Crippen molar-refractivity contribution in [2.45, 2.75) is 25.7 Å². The minimum atomic E-state index is -0.322. The SMILES string of the molecule is Cc1[nH]ncc1C(=O)N1CCCC(c2nccnc2-c2ccccc2F)C1.